The van der Waals surface area contributed by atoms with Crippen LogP contribution in [0.2, 0.25) is 0 Å². The lowest BCUT2D eigenvalue weighted by atomic mass is 9.88. The molecule has 0 bridgehead atoms. The minimum absolute atomic E-state index is 0.00397. The van der Waals surface area contributed by atoms with E-state index in [1.165, 1.54) is 12.3 Å². The molecule has 1 amide bonds. The highest BCUT2D eigenvalue weighted by atomic mass is 32.2. The third kappa shape index (κ3) is 5.08. The number of rotatable bonds is 6. The van der Waals surface area contributed by atoms with Crippen LogP contribution in [0, 0.1) is 10.2 Å². The van der Waals surface area contributed by atoms with Crippen LogP contribution >= 0.6 is 0 Å². The van der Waals surface area contributed by atoms with Crippen molar-refractivity contribution in [1.29, 1.82) is 4.78 Å². The van der Waals surface area contributed by atoms with Crippen molar-refractivity contribution in [2.75, 3.05) is 11.6 Å². The molecule has 2 aliphatic carbocycles. The molecule has 13 heteroatoms. The van der Waals surface area contributed by atoms with Crippen molar-refractivity contribution in [2.24, 2.45) is 5.41 Å². The zero-order chi connectivity index (χ0) is 25.1. The van der Waals surface area contributed by atoms with Gasteiger partial charge in [0.2, 0.25) is 5.92 Å². The van der Waals surface area contributed by atoms with E-state index in [1.807, 2.05) is 0 Å². The summed E-state index contributed by atoms with van der Waals surface area (Å²) in [6.45, 7) is 1.29. The number of hydrogen-bond donors (Lipinski definition) is 2. The van der Waals surface area contributed by atoms with Gasteiger partial charge in [-0.25, -0.2) is 22.8 Å². The van der Waals surface area contributed by atoms with Crippen molar-refractivity contribution in [3.63, 3.8) is 0 Å². The standard InChI is InChI=1S/C21H24F5N5O2S/c1-19(6-7-20(22,23)10-19)11-31-17(15(21(24,25)26)16(30-31)12-3-4-12)18(32)29-13-5-8-28-14(9-13)34(2,27)33/h5,8-9,12,27H,3-4,6-7,10-11H2,1-2H3,(H,28,29,32). The molecule has 2 N–H and O–H groups in total. The number of halogens is 5. The molecule has 0 saturated heterocycles. The summed E-state index contributed by atoms with van der Waals surface area (Å²) in [7, 11) is -3.23. The molecule has 34 heavy (non-hydrogen) atoms. The fraction of sp³-hybridized carbons (Fsp3) is 0.571. The lowest BCUT2D eigenvalue weighted by Crippen LogP contribution is -2.28. The molecule has 0 aliphatic heterocycles. The third-order valence-corrected chi connectivity index (χ3v) is 7.17. The van der Waals surface area contributed by atoms with Gasteiger partial charge in [-0.1, -0.05) is 6.92 Å². The molecule has 7 nitrogen and oxygen atoms in total. The third-order valence-electron chi connectivity index (χ3n) is 6.15. The fourth-order valence-corrected chi connectivity index (χ4v) is 5.03. The topological polar surface area (TPSA) is 101 Å². The summed E-state index contributed by atoms with van der Waals surface area (Å²) in [6, 6.07) is 2.45. The lowest BCUT2D eigenvalue weighted by Gasteiger charge is -2.25. The second kappa shape index (κ2) is 7.99. The largest absolute Gasteiger partial charge is 0.420 e. The highest BCUT2D eigenvalue weighted by Gasteiger charge is 2.50. The number of carbonyl (C=O) groups is 1. The minimum atomic E-state index is -4.88. The van der Waals surface area contributed by atoms with Crippen LogP contribution in [0.5, 0.6) is 0 Å². The van der Waals surface area contributed by atoms with E-state index in [0.717, 1.165) is 17.0 Å². The Morgan fingerprint density at radius 1 is 1.32 bits per heavy atom. The van der Waals surface area contributed by atoms with Crippen LogP contribution in [0.15, 0.2) is 23.4 Å². The Morgan fingerprint density at radius 2 is 2.00 bits per heavy atom. The number of pyridine rings is 1. The molecule has 0 radical (unpaired) electrons. The maximum Gasteiger partial charge on any atom is 0.420 e. The van der Waals surface area contributed by atoms with Gasteiger partial charge in [-0.05, 0) is 36.8 Å². The molecular formula is C21H24F5N5O2S. The summed E-state index contributed by atoms with van der Waals surface area (Å²) < 4.78 is 90.7. The van der Waals surface area contributed by atoms with E-state index in [9.17, 15) is 31.0 Å². The first-order valence-electron chi connectivity index (χ1n) is 10.6. The van der Waals surface area contributed by atoms with Gasteiger partial charge >= 0.3 is 6.18 Å². The zero-order valence-corrected chi connectivity index (χ0v) is 19.3. The monoisotopic (exact) mass is 505 g/mol. The summed E-state index contributed by atoms with van der Waals surface area (Å²) in [5, 5.41) is 6.33. The molecule has 186 valence electrons. The Hall–Kier alpha value is -2.57. The predicted octanol–water partition coefficient (Wildman–Crippen LogP) is 5.29. The van der Waals surface area contributed by atoms with Crippen molar-refractivity contribution >= 4 is 21.3 Å². The molecule has 2 aromatic heterocycles. The predicted molar refractivity (Wildman–Crippen MR) is 113 cm³/mol. The lowest BCUT2D eigenvalue weighted by molar-refractivity contribution is -0.138. The summed E-state index contributed by atoms with van der Waals surface area (Å²) >= 11 is 0. The number of amides is 1. The van der Waals surface area contributed by atoms with E-state index in [2.05, 4.69) is 15.4 Å². The Kier molecular flexibility index (Phi) is 5.77. The first-order valence-corrected chi connectivity index (χ1v) is 12.6. The Morgan fingerprint density at radius 3 is 2.53 bits per heavy atom. The first-order chi connectivity index (χ1) is 15.6. The summed E-state index contributed by atoms with van der Waals surface area (Å²) in [4.78, 5) is 17.0. The minimum Gasteiger partial charge on any atom is -0.320 e. The van der Waals surface area contributed by atoms with Gasteiger partial charge in [0.05, 0.1) is 15.4 Å². The van der Waals surface area contributed by atoms with Crippen LogP contribution in [0.3, 0.4) is 0 Å². The van der Waals surface area contributed by atoms with Gasteiger partial charge in [-0.2, -0.15) is 18.3 Å². The van der Waals surface area contributed by atoms with E-state index >= 15 is 0 Å². The normalized spacial score (nSPS) is 24.1. The van der Waals surface area contributed by atoms with Crippen molar-refractivity contribution in [3.8, 4) is 0 Å². The average molecular weight is 506 g/mol. The molecule has 2 unspecified atom stereocenters. The van der Waals surface area contributed by atoms with Crippen LogP contribution in [0.4, 0.5) is 27.6 Å². The van der Waals surface area contributed by atoms with Gasteiger partial charge in [0.15, 0.2) is 0 Å². The fourth-order valence-electron chi connectivity index (χ4n) is 4.42. The van der Waals surface area contributed by atoms with Crippen molar-refractivity contribution < 1.29 is 31.0 Å². The molecule has 2 fully saturated rings. The van der Waals surface area contributed by atoms with Crippen molar-refractivity contribution in [2.45, 2.75) is 68.6 Å². The van der Waals surface area contributed by atoms with E-state index < -0.39 is 56.7 Å². The molecule has 2 saturated carbocycles. The molecular weight excluding hydrogens is 481 g/mol. The molecule has 0 spiro atoms. The van der Waals surface area contributed by atoms with E-state index in [4.69, 9.17) is 4.78 Å². The molecule has 2 aromatic rings. The smallest absolute Gasteiger partial charge is 0.320 e. The number of anilines is 1. The van der Waals surface area contributed by atoms with Crippen LogP contribution in [-0.4, -0.2) is 37.1 Å². The Bertz CT molecular complexity index is 1240. The Labute approximate surface area is 193 Å². The number of carbonyl (C=O) groups excluding carboxylic acids is 1. The van der Waals surface area contributed by atoms with E-state index in [1.54, 1.807) is 6.92 Å². The molecule has 2 aliphatic rings. The summed E-state index contributed by atoms with van der Waals surface area (Å²) in [5.74, 6) is -4.49. The van der Waals surface area contributed by atoms with Crippen LogP contribution in [-0.2, 0) is 22.5 Å². The van der Waals surface area contributed by atoms with Crippen LogP contribution in [0.1, 0.15) is 66.7 Å². The van der Waals surface area contributed by atoms with Crippen LogP contribution in [0.25, 0.3) is 0 Å². The number of alkyl halides is 5. The van der Waals surface area contributed by atoms with Gasteiger partial charge in [0.1, 0.15) is 16.3 Å². The number of aromatic nitrogens is 3. The maximum atomic E-state index is 14.1. The summed E-state index contributed by atoms with van der Waals surface area (Å²) in [5.41, 5.74) is -3.17. The molecule has 4 rings (SSSR count). The number of nitrogens with one attached hydrogen (secondary N) is 2. The van der Waals surface area contributed by atoms with Crippen LogP contribution < -0.4 is 5.32 Å². The summed E-state index contributed by atoms with van der Waals surface area (Å²) in [6.07, 6.45) is -2.38. The van der Waals surface area contributed by atoms with E-state index in [-0.39, 0.29) is 35.8 Å². The van der Waals surface area contributed by atoms with Gasteiger partial charge in [-0.15, -0.1) is 0 Å². The van der Waals surface area contributed by atoms with Crippen molar-refractivity contribution in [3.05, 3.63) is 35.3 Å². The molecule has 0 aromatic carbocycles. The SMILES string of the molecule is CC1(Cn2nc(C3CC3)c(C(F)(F)F)c2C(=O)Nc2ccnc(S(C)(=N)=O)c2)CCC(F)(F)C1. The van der Waals surface area contributed by atoms with Crippen molar-refractivity contribution in [1.82, 2.24) is 14.8 Å². The number of nitrogens with zero attached hydrogens (tertiary/aromatic N) is 3. The highest BCUT2D eigenvalue weighted by molar-refractivity contribution is 7.91. The second-order valence-electron chi connectivity index (χ2n) is 9.56. The van der Waals surface area contributed by atoms with E-state index in [0.29, 0.717) is 12.8 Å². The Balaban J connectivity index is 1.76. The molecule has 2 atom stereocenters. The maximum absolute atomic E-state index is 14.1. The zero-order valence-electron chi connectivity index (χ0n) is 18.5. The molecule has 2 heterocycles. The van der Waals surface area contributed by atoms with Gasteiger partial charge < -0.3 is 5.32 Å². The quantitative estimate of drug-likeness (QED) is 0.521. The number of hydrogen-bond acceptors (Lipinski definition) is 5. The highest BCUT2D eigenvalue weighted by Crippen LogP contribution is 2.50. The average Bonchev–Trinajstić information content (AvgIpc) is 3.40. The second-order valence-corrected chi connectivity index (χ2v) is 11.7. The first kappa shape index (κ1) is 24.6. The van der Waals surface area contributed by atoms with Gasteiger partial charge in [0.25, 0.3) is 5.91 Å². The van der Waals surface area contributed by atoms with Gasteiger partial charge in [-0.3, -0.25) is 9.48 Å². The van der Waals surface area contributed by atoms with Gasteiger partial charge in [0, 0.05) is 43.4 Å².